The second-order valence-electron chi connectivity index (χ2n) is 4.01. The van der Waals surface area contributed by atoms with E-state index >= 15 is 0 Å². The molecular weight excluding hydrogens is 212 g/mol. The maximum Gasteiger partial charge on any atom is 0.0593 e. The Bertz CT molecular complexity index is 139. The molecule has 1 rings (SSSR count). The van der Waals surface area contributed by atoms with E-state index in [9.17, 15) is 0 Å². The second kappa shape index (κ2) is 9.40. The van der Waals surface area contributed by atoms with Crippen LogP contribution in [0.2, 0.25) is 0 Å². The fraction of sp³-hybridized carbons (Fsp3) is 1.00. The van der Waals surface area contributed by atoms with E-state index in [-0.39, 0.29) is 12.4 Å². The maximum atomic E-state index is 5.37. The summed E-state index contributed by atoms with van der Waals surface area (Å²) in [5, 5.41) is 3.44. The van der Waals surface area contributed by atoms with E-state index in [0.717, 1.165) is 25.8 Å². The van der Waals surface area contributed by atoms with Crippen molar-refractivity contribution in [3.63, 3.8) is 0 Å². The van der Waals surface area contributed by atoms with Crippen LogP contribution in [0, 0.1) is 0 Å². The Labute approximate surface area is 100.0 Å². The quantitative estimate of drug-likeness (QED) is 0.733. The number of ether oxygens (including phenoxy) is 1. The molecule has 0 bridgehead atoms. The van der Waals surface area contributed by atoms with Gasteiger partial charge in [-0.05, 0) is 46.3 Å². The molecule has 0 spiro atoms. The number of hydrogen-bond acceptors (Lipinski definition) is 3. The van der Waals surface area contributed by atoms with Gasteiger partial charge in [-0.15, -0.1) is 12.4 Å². The van der Waals surface area contributed by atoms with E-state index in [4.69, 9.17) is 4.74 Å². The molecule has 1 unspecified atom stereocenters. The summed E-state index contributed by atoms with van der Waals surface area (Å²) < 4.78 is 5.37. The lowest BCUT2D eigenvalue weighted by Gasteiger charge is -2.26. The van der Waals surface area contributed by atoms with E-state index in [0.29, 0.717) is 0 Å². The Balaban J connectivity index is 0.00000196. The lowest BCUT2D eigenvalue weighted by atomic mass is 10.1. The van der Waals surface area contributed by atoms with Crippen LogP contribution in [0.15, 0.2) is 0 Å². The van der Waals surface area contributed by atoms with Crippen LogP contribution < -0.4 is 5.32 Å². The van der Waals surface area contributed by atoms with Crippen molar-refractivity contribution in [3.8, 4) is 0 Å². The lowest BCUT2D eigenvalue weighted by Crippen LogP contribution is -2.35. The first-order valence-corrected chi connectivity index (χ1v) is 5.83. The maximum absolute atomic E-state index is 5.37. The molecule has 15 heavy (non-hydrogen) atoms. The van der Waals surface area contributed by atoms with Gasteiger partial charge >= 0.3 is 0 Å². The highest BCUT2D eigenvalue weighted by Crippen LogP contribution is 2.11. The molecule has 0 aliphatic carbocycles. The van der Waals surface area contributed by atoms with Gasteiger partial charge in [0.25, 0.3) is 0 Å². The Morgan fingerprint density at radius 3 is 2.87 bits per heavy atom. The van der Waals surface area contributed by atoms with Crippen molar-refractivity contribution in [2.24, 2.45) is 0 Å². The Morgan fingerprint density at radius 2 is 2.13 bits per heavy atom. The zero-order valence-electron chi connectivity index (χ0n) is 10.00. The monoisotopic (exact) mass is 236 g/mol. The molecule has 0 radical (unpaired) electrons. The van der Waals surface area contributed by atoms with Crippen LogP contribution in [0.5, 0.6) is 0 Å². The third-order valence-corrected chi connectivity index (χ3v) is 2.96. The van der Waals surface area contributed by atoms with Crippen LogP contribution >= 0.6 is 12.4 Å². The van der Waals surface area contributed by atoms with Crippen LogP contribution in [0.3, 0.4) is 0 Å². The highest BCUT2D eigenvalue weighted by molar-refractivity contribution is 5.85. The zero-order chi connectivity index (χ0) is 10.2. The minimum absolute atomic E-state index is 0. The summed E-state index contributed by atoms with van der Waals surface area (Å²) in [7, 11) is 2.22. The number of nitrogens with zero attached hydrogens (tertiary/aromatic N) is 1. The average molecular weight is 237 g/mol. The first kappa shape index (κ1) is 15.2. The number of halogens is 1. The van der Waals surface area contributed by atoms with Gasteiger partial charge in [-0.2, -0.15) is 0 Å². The topological polar surface area (TPSA) is 24.5 Å². The summed E-state index contributed by atoms with van der Waals surface area (Å²) >= 11 is 0. The molecule has 4 heteroatoms. The first-order chi connectivity index (χ1) is 6.84. The van der Waals surface area contributed by atoms with Gasteiger partial charge in [0, 0.05) is 19.2 Å². The summed E-state index contributed by atoms with van der Waals surface area (Å²) in [4.78, 5) is 2.45. The molecule has 92 valence electrons. The van der Waals surface area contributed by atoms with Gasteiger partial charge < -0.3 is 15.0 Å². The molecule has 1 saturated heterocycles. The fourth-order valence-corrected chi connectivity index (χ4v) is 1.98. The van der Waals surface area contributed by atoms with Gasteiger partial charge in [0.05, 0.1) is 6.61 Å². The molecule has 1 N–H and O–H groups in total. The molecule has 0 amide bonds. The molecule has 0 aromatic carbocycles. The number of rotatable bonds is 5. The molecule has 1 aliphatic heterocycles. The van der Waals surface area contributed by atoms with E-state index in [1.807, 2.05) is 0 Å². The van der Waals surface area contributed by atoms with Crippen molar-refractivity contribution in [1.82, 2.24) is 10.2 Å². The summed E-state index contributed by atoms with van der Waals surface area (Å²) in [5.74, 6) is 0. The Hall–Kier alpha value is 0.170. The van der Waals surface area contributed by atoms with Crippen LogP contribution in [0.4, 0.5) is 0 Å². The fourth-order valence-electron chi connectivity index (χ4n) is 1.98. The summed E-state index contributed by atoms with van der Waals surface area (Å²) in [6, 6.07) is 0.755. The third kappa shape index (κ3) is 6.36. The smallest absolute Gasteiger partial charge is 0.0593 e. The molecule has 1 fully saturated rings. The average Bonchev–Trinajstić information content (AvgIpc) is 2.46. The van der Waals surface area contributed by atoms with E-state index in [1.165, 1.54) is 32.4 Å². The number of hydrogen-bond donors (Lipinski definition) is 1. The van der Waals surface area contributed by atoms with Crippen LogP contribution in [0.1, 0.15) is 26.2 Å². The van der Waals surface area contributed by atoms with E-state index < -0.39 is 0 Å². The largest absolute Gasteiger partial charge is 0.380 e. The molecule has 0 aromatic rings. The zero-order valence-corrected chi connectivity index (χ0v) is 10.8. The summed E-state index contributed by atoms with van der Waals surface area (Å²) in [5.41, 5.74) is 0. The molecule has 3 nitrogen and oxygen atoms in total. The molecule has 1 heterocycles. The number of likely N-dealkylation sites (N-methyl/N-ethyl adjacent to an activating group) is 1. The van der Waals surface area contributed by atoms with E-state index in [1.54, 1.807) is 0 Å². The molecular formula is C11H25ClN2O. The summed E-state index contributed by atoms with van der Waals surface area (Å²) in [6.07, 6.45) is 3.92. The second-order valence-corrected chi connectivity index (χ2v) is 4.01. The van der Waals surface area contributed by atoms with E-state index in [2.05, 4.69) is 24.2 Å². The van der Waals surface area contributed by atoms with Crippen LogP contribution in [-0.2, 0) is 4.74 Å². The van der Waals surface area contributed by atoms with Gasteiger partial charge in [-0.25, -0.2) is 0 Å². The number of nitrogens with one attached hydrogen (secondary N) is 1. The van der Waals surface area contributed by atoms with Gasteiger partial charge in [0.2, 0.25) is 0 Å². The summed E-state index contributed by atoms with van der Waals surface area (Å²) in [6.45, 7) is 7.19. The van der Waals surface area contributed by atoms with Gasteiger partial charge in [-0.1, -0.05) is 0 Å². The van der Waals surface area contributed by atoms with Crippen molar-refractivity contribution in [2.75, 3.05) is 39.9 Å². The predicted octanol–water partition coefficient (Wildman–Crippen LogP) is 1.52. The van der Waals surface area contributed by atoms with Gasteiger partial charge in [0.15, 0.2) is 0 Å². The minimum Gasteiger partial charge on any atom is -0.380 e. The van der Waals surface area contributed by atoms with Crippen LogP contribution in [0.25, 0.3) is 0 Å². The Kier molecular flexibility index (Phi) is 9.51. The minimum atomic E-state index is 0. The normalized spacial score (nSPS) is 22.2. The van der Waals surface area contributed by atoms with Crippen molar-refractivity contribution in [3.05, 3.63) is 0 Å². The van der Waals surface area contributed by atoms with Crippen molar-refractivity contribution in [1.29, 1.82) is 0 Å². The van der Waals surface area contributed by atoms with Crippen molar-refractivity contribution >= 4 is 12.4 Å². The van der Waals surface area contributed by atoms with Crippen LogP contribution in [-0.4, -0.2) is 50.8 Å². The SMILES string of the molecule is CCOCCN(C)C1CCCNCC1.Cl. The Morgan fingerprint density at radius 1 is 1.33 bits per heavy atom. The molecule has 1 atom stereocenters. The first-order valence-electron chi connectivity index (χ1n) is 5.83. The molecule has 0 saturated carbocycles. The van der Waals surface area contributed by atoms with Gasteiger partial charge in [-0.3, -0.25) is 0 Å². The third-order valence-electron chi connectivity index (χ3n) is 2.96. The standard InChI is InChI=1S/C11H24N2O.ClH/c1-3-14-10-9-13(2)11-5-4-7-12-8-6-11;/h11-12H,3-10H2,1-2H3;1H. The molecule has 1 aliphatic rings. The van der Waals surface area contributed by atoms with Gasteiger partial charge in [0.1, 0.15) is 0 Å². The van der Waals surface area contributed by atoms with Crippen molar-refractivity contribution in [2.45, 2.75) is 32.2 Å². The highest BCUT2D eigenvalue weighted by Gasteiger charge is 2.15. The highest BCUT2D eigenvalue weighted by atomic mass is 35.5. The van der Waals surface area contributed by atoms with Crippen molar-refractivity contribution < 1.29 is 4.74 Å². The predicted molar refractivity (Wildman–Crippen MR) is 66.9 cm³/mol. The lowest BCUT2D eigenvalue weighted by molar-refractivity contribution is 0.104. The molecule has 0 aromatic heterocycles.